The number of rotatable bonds is 4. The molecule has 0 spiro atoms. The van der Waals surface area contributed by atoms with Gasteiger partial charge < -0.3 is 10.1 Å². The van der Waals surface area contributed by atoms with Crippen LogP contribution >= 0.6 is 0 Å². The zero-order chi connectivity index (χ0) is 15.1. The quantitative estimate of drug-likeness (QED) is 0.618. The van der Waals surface area contributed by atoms with E-state index in [9.17, 15) is 14.4 Å². The van der Waals surface area contributed by atoms with Crippen LogP contribution in [0.1, 0.15) is 20.3 Å². The number of nitrogens with zero attached hydrogens (tertiary/aromatic N) is 1. The average Bonchev–Trinajstić information content (AvgIpc) is 3.06. The van der Waals surface area contributed by atoms with E-state index < -0.39 is 6.09 Å². The smallest absolute Gasteiger partial charge is 0.407 e. The van der Waals surface area contributed by atoms with Gasteiger partial charge in [0.25, 0.3) is 0 Å². The van der Waals surface area contributed by atoms with Gasteiger partial charge in [0.1, 0.15) is 0 Å². The maximum absolute atomic E-state index is 12.4. The fourth-order valence-electron chi connectivity index (χ4n) is 3.71. The minimum absolute atomic E-state index is 0.0825. The summed E-state index contributed by atoms with van der Waals surface area (Å²) in [7, 11) is 0. The van der Waals surface area contributed by atoms with Gasteiger partial charge in [-0.3, -0.25) is 14.5 Å². The first-order chi connectivity index (χ1) is 9.99. The van der Waals surface area contributed by atoms with E-state index in [1.807, 2.05) is 0 Å². The lowest BCUT2D eigenvalue weighted by Gasteiger charge is -2.17. The number of carbonyl (C=O) groups is 3. The highest BCUT2D eigenvalue weighted by atomic mass is 16.6. The molecule has 0 aromatic heterocycles. The first-order valence-corrected chi connectivity index (χ1v) is 7.47. The number of hydrogen-bond acceptors (Lipinski definition) is 4. The van der Waals surface area contributed by atoms with Gasteiger partial charge in [0.15, 0.2) is 0 Å². The van der Waals surface area contributed by atoms with Crippen molar-refractivity contribution in [3.63, 3.8) is 0 Å². The second kappa shape index (κ2) is 5.16. The van der Waals surface area contributed by atoms with E-state index in [1.54, 1.807) is 13.8 Å². The number of fused-ring (bicyclic) bond motifs is 5. The second-order valence-corrected chi connectivity index (χ2v) is 6.21. The molecule has 2 aliphatic carbocycles. The largest absolute Gasteiger partial charge is 0.447 e. The number of imide groups is 1. The van der Waals surface area contributed by atoms with Crippen LogP contribution in [0.3, 0.4) is 0 Å². The zero-order valence-corrected chi connectivity index (χ0v) is 12.2. The molecule has 3 aliphatic rings. The second-order valence-electron chi connectivity index (χ2n) is 6.21. The normalized spacial score (nSPS) is 33.0. The van der Waals surface area contributed by atoms with Gasteiger partial charge in [-0.1, -0.05) is 12.2 Å². The molecule has 6 nitrogen and oxygen atoms in total. The number of hydrogen-bond donors (Lipinski definition) is 1. The van der Waals surface area contributed by atoms with Crippen LogP contribution in [-0.2, 0) is 14.3 Å². The summed E-state index contributed by atoms with van der Waals surface area (Å²) in [5, 5.41) is 2.56. The Morgan fingerprint density at radius 2 is 1.86 bits per heavy atom. The summed E-state index contributed by atoms with van der Waals surface area (Å²) in [4.78, 5) is 37.4. The number of allylic oxidation sites excluding steroid dienone is 2. The molecule has 0 aromatic rings. The predicted molar refractivity (Wildman–Crippen MR) is 74.1 cm³/mol. The number of ether oxygens (including phenoxy) is 1. The lowest BCUT2D eigenvalue weighted by molar-refractivity contribution is -0.140. The molecule has 6 heteroatoms. The molecule has 1 aliphatic heterocycles. The highest BCUT2D eigenvalue weighted by Crippen LogP contribution is 2.52. The molecule has 0 unspecified atom stereocenters. The monoisotopic (exact) mass is 292 g/mol. The van der Waals surface area contributed by atoms with Crippen molar-refractivity contribution in [2.75, 3.05) is 13.1 Å². The van der Waals surface area contributed by atoms with Gasteiger partial charge in [-0.15, -0.1) is 0 Å². The molecule has 2 fully saturated rings. The Bertz CT molecular complexity index is 484. The lowest BCUT2D eigenvalue weighted by Crippen LogP contribution is -2.40. The molecule has 1 N–H and O–H groups in total. The minimum Gasteiger partial charge on any atom is -0.447 e. The van der Waals surface area contributed by atoms with E-state index in [1.165, 1.54) is 4.90 Å². The van der Waals surface area contributed by atoms with Crippen LogP contribution in [0.25, 0.3) is 0 Å². The average molecular weight is 292 g/mol. The molecule has 2 bridgehead atoms. The van der Waals surface area contributed by atoms with E-state index >= 15 is 0 Å². The Hall–Kier alpha value is -1.85. The van der Waals surface area contributed by atoms with Crippen molar-refractivity contribution in [1.82, 2.24) is 10.2 Å². The van der Waals surface area contributed by atoms with Gasteiger partial charge in [-0.2, -0.15) is 0 Å². The summed E-state index contributed by atoms with van der Waals surface area (Å²) in [5.41, 5.74) is 0. The Morgan fingerprint density at radius 3 is 2.38 bits per heavy atom. The summed E-state index contributed by atoms with van der Waals surface area (Å²) in [6.07, 6.45) is 4.35. The van der Waals surface area contributed by atoms with Gasteiger partial charge in [-0.05, 0) is 32.1 Å². The van der Waals surface area contributed by atoms with Crippen LogP contribution in [0.5, 0.6) is 0 Å². The Labute approximate surface area is 123 Å². The molecule has 0 radical (unpaired) electrons. The predicted octanol–water partition coefficient (Wildman–Crippen LogP) is 0.928. The summed E-state index contributed by atoms with van der Waals surface area (Å²) >= 11 is 0. The molecule has 4 atom stereocenters. The molecule has 1 saturated heterocycles. The Kier molecular flexibility index (Phi) is 3.47. The molecule has 21 heavy (non-hydrogen) atoms. The number of amides is 3. The van der Waals surface area contributed by atoms with Crippen LogP contribution in [0, 0.1) is 23.7 Å². The SMILES string of the molecule is CC(C)OC(=O)NCCN1C(=O)[C@H]2[C@H](C1=O)[C@H]1C=C[C@H]2C1. The maximum atomic E-state index is 12.4. The van der Waals surface area contributed by atoms with E-state index in [0.29, 0.717) is 0 Å². The summed E-state index contributed by atoms with van der Waals surface area (Å²) < 4.78 is 4.94. The summed E-state index contributed by atoms with van der Waals surface area (Å²) in [6.45, 7) is 3.97. The fraction of sp³-hybridized carbons (Fsp3) is 0.667. The highest BCUT2D eigenvalue weighted by Gasteiger charge is 2.58. The van der Waals surface area contributed by atoms with Crippen molar-refractivity contribution in [1.29, 1.82) is 0 Å². The topological polar surface area (TPSA) is 75.7 Å². The van der Waals surface area contributed by atoms with Gasteiger partial charge in [0.05, 0.1) is 17.9 Å². The molecule has 114 valence electrons. The Balaban J connectivity index is 1.55. The van der Waals surface area contributed by atoms with Crippen molar-refractivity contribution >= 4 is 17.9 Å². The van der Waals surface area contributed by atoms with Gasteiger partial charge in [0.2, 0.25) is 11.8 Å². The van der Waals surface area contributed by atoms with Gasteiger partial charge in [0, 0.05) is 13.1 Å². The molecule has 1 saturated carbocycles. The summed E-state index contributed by atoms with van der Waals surface area (Å²) in [5.74, 6) is -0.0624. The van der Waals surface area contributed by atoms with Crippen molar-refractivity contribution in [3.8, 4) is 0 Å². The van der Waals surface area contributed by atoms with Crippen molar-refractivity contribution < 1.29 is 19.1 Å². The maximum Gasteiger partial charge on any atom is 0.407 e. The molecule has 0 aromatic carbocycles. The van der Waals surface area contributed by atoms with Crippen molar-refractivity contribution in [3.05, 3.63) is 12.2 Å². The third kappa shape index (κ3) is 2.32. The summed E-state index contributed by atoms with van der Waals surface area (Å²) in [6, 6.07) is 0. The third-order valence-electron chi connectivity index (χ3n) is 4.51. The molecule has 1 heterocycles. The minimum atomic E-state index is -0.522. The fourth-order valence-corrected chi connectivity index (χ4v) is 3.71. The number of carbonyl (C=O) groups excluding carboxylic acids is 3. The first kappa shape index (κ1) is 14.1. The molecule has 3 amide bonds. The Morgan fingerprint density at radius 1 is 1.29 bits per heavy atom. The standard InChI is InChI=1S/C15H20N2O4/c1-8(2)21-15(20)16-5-6-17-13(18)11-9-3-4-10(7-9)12(11)14(17)19/h3-4,8-12H,5-7H2,1-2H3,(H,16,20)/t9-,10-,11+,12+/m0/s1. The van der Waals surface area contributed by atoms with Crippen molar-refractivity contribution in [2.24, 2.45) is 23.7 Å². The van der Waals surface area contributed by atoms with E-state index in [2.05, 4.69) is 17.5 Å². The van der Waals surface area contributed by atoms with Gasteiger partial charge >= 0.3 is 6.09 Å². The first-order valence-electron chi connectivity index (χ1n) is 7.47. The number of likely N-dealkylation sites (tertiary alicyclic amines) is 1. The number of nitrogens with one attached hydrogen (secondary N) is 1. The van der Waals surface area contributed by atoms with Crippen LogP contribution < -0.4 is 5.32 Å². The lowest BCUT2D eigenvalue weighted by atomic mass is 9.85. The van der Waals surface area contributed by atoms with Crippen LogP contribution in [0.2, 0.25) is 0 Å². The molecule has 3 rings (SSSR count). The third-order valence-corrected chi connectivity index (χ3v) is 4.51. The molecular formula is C15H20N2O4. The van der Waals surface area contributed by atoms with Crippen LogP contribution in [0.4, 0.5) is 4.79 Å². The van der Waals surface area contributed by atoms with E-state index in [4.69, 9.17) is 4.74 Å². The van der Waals surface area contributed by atoms with Crippen LogP contribution in [0.15, 0.2) is 12.2 Å². The number of alkyl carbamates (subject to hydrolysis) is 1. The van der Waals surface area contributed by atoms with E-state index in [0.717, 1.165) is 6.42 Å². The van der Waals surface area contributed by atoms with Gasteiger partial charge in [-0.25, -0.2) is 4.79 Å². The molecular weight excluding hydrogens is 272 g/mol. The van der Waals surface area contributed by atoms with Crippen LogP contribution in [-0.4, -0.2) is 42.0 Å². The van der Waals surface area contributed by atoms with E-state index in [-0.39, 0.29) is 54.7 Å². The zero-order valence-electron chi connectivity index (χ0n) is 12.2. The van der Waals surface area contributed by atoms with Crippen molar-refractivity contribution in [2.45, 2.75) is 26.4 Å². The highest BCUT2D eigenvalue weighted by molar-refractivity contribution is 6.06.